The lowest BCUT2D eigenvalue weighted by Crippen LogP contribution is -2.05. The van der Waals surface area contributed by atoms with Gasteiger partial charge in [-0.25, -0.2) is 18.1 Å². The van der Waals surface area contributed by atoms with Crippen LogP contribution >= 0.6 is 0 Å². The first-order valence-corrected chi connectivity index (χ1v) is 17.0. The van der Waals surface area contributed by atoms with E-state index < -0.39 is 9.84 Å². The number of nitrogens with zero attached hydrogens (tertiary/aromatic N) is 4. The third kappa shape index (κ3) is 4.11. The first-order valence-electron chi connectivity index (χ1n) is 15.2. The van der Waals surface area contributed by atoms with E-state index in [1.165, 1.54) is 0 Å². The zero-order chi connectivity index (χ0) is 31.9. The Kier molecular flexibility index (Phi) is 5.74. The molecule has 8 aromatic rings. The van der Waals surface area contributed by atoms with Gasteiger partial charge in [0, 0.05) is 22.1 Å². The second-order valence-electron chi connectivity index (χ2n) is 12.0. The number of hydrogen-bond donors (Lipinski definition) is 0. The number of hydrogen-bond acceptors (Lipinski definition) is 2. The lowest BCUT2D eigenvalue weighted by molar-refractivity contribution is 0.595. The van der Waals surface area contributed by atoms with Gasteiger partial charge in [-0.05, 0) is 93.7 Å². The smallest absolute Gasteiger partial charge is 0.188 e. The van der Waals surface area contributed by atoms with Crippen molar-refractivity contribution in [2.75, 3.05) is 0 Å². The van der Waals surface area contributed by atoms with Gasteiger partial charge in [-0.15, -0.1) is 0 Å². The maximum atomic E-state index is 13.4. The fraction of sp³-hybridized carbons (Fsp3) is 0.0500. The van der Waals surface area contributed by atoms with Crippen molar-refractivity contribution >= 4 is 64.8 Å². The Morgan fingerprint density at radius 3 is 1.36 bits per heavy atom. The molecule has 2 aromatic heterocycles. The molecule has 6 nitrogen and oxygen atoms in total. The Balaban J connectivity index is 1.31. The van der Waals surface area contributed by atoms with Crippen molar-refractivity contribution in [2.24, 2.45) is 0 Å². The molecule has 3 heterocycles. The molecule has 222 valence electrons. The van der Waals surface area contributed by atoms with Crippen molar-refractivity contribution in [1.82, 2.24) is 9.13 Å². The van der Waals surface area contributed by atoms with E-state index in [2.05, 4.69) is 55.2 Å². The number of fused-ring (bicyclic) bond motifs is 9. The molecule has 0 radical (unpaired) electrons. The molecule has 0 N–H and O–H groups in total. The van der Waals surface area contributed by atoms with Crippen molar-refractivity contribution in [1.29, 1.82) is 0 Å². The first-order chi connectivity index (χ1) is 22.9. The van der Waals surface area contributed by atoms with Crippen LogP contribution in [0, 0.1) is 13.1 Å². The number of sulfone groups is 1. The van der Waals surface area contributed by atoms with Gasteiger partial charge in [0.15, 0.2) is 21.2 Å². The molecular formula is C40H24N4O2S. The van der Waals surface area contributed by atoms with Gasteiger partial charge in [0.25, 0.3) is 0 Å². The zero-order valence-corrected chi connectivity index (χ0v) is 25.8. The van der Waals surface area contributed by atoms with Gasteiger partial charge in [-0.1, -0.05) is 60.7 Å². The van der Waals surface area contributed by atoms with Gasteiger partial charge < -0.3 is 9.13 Å². The molecule has 0 spiro atoms. The average Bonchev–Trinajstić information content (AvgIpc) is 3.56. The summed E-state index contributed by atoms with van der Waals surface area (Å²) in [6.07, 6.45) is 0. The molecular weight excluding hydrogens is 601 g/mol. The molecule has 7 heteroatoms. The number of rotatable bonds is 2. The molecule has 0 amide bonds. The summed E-state index contributed by atoms with van der Waals surface area (Å²) in [4.78, 5) is 7.32. The summed E-state index contributed by atoms with van der Waals surface area (Å²) in [6, 6.07) is 40.0. The summed E-state index contributed by atoms with van der Waals surface area (Å²) in [5.74, 6) is -0.0775. The standard InChI is InChI=1S/C40H24N4O2S/c1-41-27-13-17-39-35(19-27)31-7-3-5-9-37(31)43(39)29-15-11-25-23-47(45,46)24-26-12-16-30(22-34(26)33(25)21-29)44-38-10-6-4-8-32(38)36-20-28(42-2)14-18-40(36)44/h3-22H,23-24H2. The molecule has 0 saturated heterocycles. The molecule has 0 bridgehead atoms. The van der Waals surface area contributed by atoms with Crippen LogP contribution in [0.1, 0.15) is 11.1 Å². The fourth-order valence-electron chi connectivity index (χ4n) is 7.30. The first kappa shape index (κ1) is 27.2. The van der Waals surface area contributed by atoms with Crippen LogP contribution < -0.4 is 0 Å². The van der Waals surface area contributed by atoms with Gasteiger partial charge in [0.1, 0.15) is 0 Å². The molecule has 1 aliphatic heterocycles. The Morgan fingerprint density at radius 1 is 0.489 bits per heavy atom. The van der Waals surface area contributed by atoms with Crippen molar-refractivity contribution in [3.05, 3.63) is 155 Å². The van der Waals surface area contributed by atoms with Gasteiger partial charge in [-0.3, -0.25) is 0 Å². The van der Waals surface area contributed by atoms with Crippen LogP contribution in [0.15, 0.2) is 121 Å². The van der Waals surface area contributed by atoms with Crippen LogP contribution in [0.5, 0.6) is 0 Å². The highest BCUT2D eigenvalue weighted by atomic mass is 32.2. The largest absolute Gasteiger partial charge is 0.309 e. The highest BCUT2D eigenvalue weighted by molar-refractivity contribution is 7.89. The minimum Gasteiger partial charge on any atom is -0.309 e. The van der Waals surface area contributed by atoms with E-state index in [9.17, 15) is 8.42 Å². The zero-order valence-electron chi connectivity index (χ0n) is 25.0. The quantitative estimate of drug-likeness (QED) is 0.180. The molecule has 0 atom stereocenters. The Labute approximate surface area is 270 Å². The summed E-state index contributed by atoms with van der Waals surface area (Å²) in [5.41, 5.74) is 10.3. The maximum absolute atomic E-state index is 13.4. The second-order valence-corrected chi connectivity index (χ2v) is 14.1. The van der Waals surface area contributed by atoms with Gasteiger partial charge in [-0.2, -0.15) is 0 Å². The summed E-state index contributed by atoms with van der Waals surface area (Å²) >= 11 is 0. The molecule has 0 fully saturated rings. The summed E-state index contributed by atoms with van der Waals surface area (Å²) < 4.78 is 31.2. The van der Waals surface area contributed by atoms with Gasteiger partial charge in [0.05, 0.1) is 46.7 Å². The SMILES string of the molecule is [C-]#[N+]c1ccc2c(c1)c1ccccc1n2-c1ccc2c(c1)-c1cc(-n3c4ccccc4c4cc([N+]#[C-])ccc43)ccc1CS(=O)(=O)C2. The third-order valence-electron chi connectivity index (χ3n) is 9.31. The van der Waals surface area contributed by atoms with E-state index in [0.717, 1.165) is 77.2 Å². The third-order valence-corrected chi connectivity index (χ3v) is 10.8. The van der Waals surface area contributed by atoms with Gasteiger partial charge in [0.2, 0.25) is 0 Å². The monoisotopic (exact) mass is 624 g/mol. The van der Waals surface area contributed by atoms with E-state index in [1.807, 2.05) is 84.9 Å². The van der Waals surface area contributed by atoms with E-state index in [0.29, 0.717) is 11.4 Å². The topological polar surface area (TPSA) is 52.7 Å². The van der Waals surface area contributed by atoms with Crippen LogP contribution in [-0.4, -0.2) is 17.6 Å². The van der Waals surface area contributed by atoms with Gasteiger partial charge >= 0.3 is 0 Å². The van der Waals surface area contributed by atoms with E-state index in [1.54, 1.807) is 0 Å². The molecule has 6 aromatic carbocycles. The molecule has 0 aliphatic carbocycles. The number of benzene rings is 6. The van der Waals surface area contributed by atoms with Crippen molar-refractivity contribution in [3.63, 3.8) is 0 Å². The summed E-state index contributed by atoms with van der Waals surface area (Å²) in [6.45, 7) is 15.1. The molecule has 0 saturated carbocycles. The van der Waals surface area contributed by atoms with Crippen LogP contribution in [0.3, 0.4) is 0 Å². The molecule has 0 unspecified atom stereocenters. The minimum absolute atomic E-state index is 0.0387. The Morgan fingerprint density at radius 2 is 0.915 bits per heavy atom. The van der Waals surface area contributed by atoms with Crippen LogP contribution in [-0.2, 0) is 21.3 Å². The predicted octanol–water partition coefficient (Wildman–Crippen LogP) is 10.1. The number of aromatic nitrogens is 2. The highest BCUT2D eigenvalue weighted by Crippen LogP contribution is 2.41. The van der Waals surface area contributed by atoms with Crippen molar-refractivity contribution in [2.45, 2.75) is 11.5 Å². The van der Waals surface area contributed by atoms with E-state index in [4.69, 9.17) is 13.1 Å². The van der Waals surface area contributed by atoms with Crippen LogP contribution in [0.2, 0.25) is 0 Å². The predicted molar refractivity (Wildman–Crippen MR) is 189 cm³/mol. The molecule has 47 heavy (non-hydrogen) atoms. The Hall–Kier alpha value is -6.15. The lowest BCUT2D eigenvalue weighted by Gasteiger charge is -2.16. The average molecular weight is 625 g/mol. The highest BCUT2D eigenvalue weighted by Gasteiger charge is 2.26. The minimum atomic E-state index is -3.40. The molecule has 1 aliphatic rings. The number of para-hydroxylation sites is 2. The summed E-state index contributed by atoms with van der Waals surface area (Å²) in [5, 5.41) is 4.12. The van der Waals surface area contributed by atoms with E-state index in [-0.39, 0.29) is 11.5 Å². The Bertz CT molecular complexity index is 2660. The van der Waals surface area contributed by atoms with Crippen LogP contribution in [0.4, 0.5) is 11.4 Å². The fourth-order valence-corrected chi connectivity index (χ4v) is 8.86. The van der Waals surface area contributed by atoms with Crippen LogP contribution in [0.25, 0.3) is 75.8 Å². The second kappa shape index (κ2) is 9.92. The maximum Gasteiger partial charge on any atom is 0.188 e. The molecule has 9 rings (SSSR count). The summed E-state index contributed by atoms with van der Waals surface area (Å²) in [7, 11) is -3.40. The van der Waals surface area contributed by atoms with Crippen molar-refractivity contribution < 1.29 is 8.42 Å². The van der Waals surface area contributed by atoms with Crippen molar-refractivity contribution in [3.8, 4) is 22.5 Å². The lowest BCUT2D eigenvalue weighted by atomic mass is 9.95. The normalized spacial score (nSPS) is 13.7. The van der Waals surface area contributed by atoms with E-state index >= 15 is 0 Å².